The lowest BCUT2D eigenvalue weighted by Gasteiger charge is -2.23. The van der Waals surface area contributed by atoms with Gasteiger partial charge in [-0.25, -0.2) is 0 Å². The minimum Gasteiger partial charge on any atom is -0.0839 e. The monoisotopic (exact) mass is 334 g/mol. The molecule has 1 atom stereocenters. The first-order valence-electron chi connectivity index (χ1n) is 8.59. The number of fused-ring (bicyclic) bond motifs is 1. The summed E-state index contributed by atoms with van der Waals surface area (Å²) in [6.45, 7) is 0. The summed E-state index contributed by atoms with van der Waals surface area (Å²) < 4.78 is 0. The van der Waals surface area contributed by atoms with E-state index in [1.54, 1.807) is 11.1 Å². The summed E-state index contributed by atoms with van der Waals surface area (Å²) in [5.41, 5.74) is 4.74. The van der Waals surface area contributed by atoms with Crippen LogP contribution < -0.4 is 0 Å². The fourth-order valence-corrected chi connectivity index (χ4v) is 4.52. The molecule has 2 aliphatic carbocycles. The van der Waals surface area contributed by atoms with Gasteiger partial charge in [0.15, 0.2) is 0 Å². The largest absolute Gasteiger partial charge is 0.0839 e. The predicted molar refractivity (Wildman–Crippen MR) is 90.6 cm³/mol. The van der Waals surface area contributed by atoms with Crippen LogP contribution >= 0.6 is 15.9 Å². The topological polar surface area (TPSA) is 0 Å². The van der Waals surface area contributed by atoms with Crippen LogP contribution in [0.25, 0.3) is 0 Å². The second-order valence-electron chi connectivity index (χ2n) is 6.78. The van der Waals surface area contributed by atoms with Crippen LogP contribution in [-0.4, -0.2) is 0 Å². The van der Waals surface area contributed by atoms with Gasteiger partial charge >= 0.3 is 0 Å². The van der Waals surface area contributed by atoms with Crippen molar-refractivity contribution in [3.8, 4) is 0 Å². The fourth-order valence-electron chi connectivity index (χ4n) is 3.97. The summed E-state index contributed by atoms with van der Waals surface area (Å²) in [6, 6.07) is 7.23. The number of halogens is 1. The molecule has 1 heteroatoms. The lowest BCUT2D eigenvalue weighted by molar-refractivity contribution is 0.332. The van der Waals surface area contributed by atoms with E-state index in [9.17, 15) is 0 Å². The van der Waals surface area contributed by atoms with Crippen molar-refractivity contribution in [1.29, 1.82) is 0 Å². The molecule has 0 aromatic heterocycles. The lowest BCUT2D eigenvalue weighted by Crippen LogP contribution is -2.07. The van der Waals surface area contributed by atoms with Crippen LogP contribution in [0.15, 0.2) is 18.2 Å². The van der Waals surface area contributed by atoms with E-state index in [1.165, 1.54) is 76.2 Å². The van der Waals surface area contributed by atoms with Crippen molar-refractivity contribution in [2.24, 2.45) is 5.92 Å². The van der Waals surface area contributed by atoms with Crippen molar-refractivity contribution in [1.82, 2.24) is 0 Å². The molecule has 0 saturated heterocycles. The standard InChI is InChI=1S/C19H27Br/c20-19(13-10-15-6-2-1-3-7-15)18-12-11-16-8-4-5-9-17(16)14-18/h11-12,14-15,19H,1-10,13H2. The first kappa shape index (κ1) is 14.6. The van der Waals surface area contributed by atoms with Gasteiger partial charge in [0.1, 0.15) is 0 Å². The zero-order chi connectivity index (χ0) is 13.8. The first-order valence-corrected chi connectivity index (χ1v) is 9.50. The minimum atomic E-state index is 0.566. The maximum absolute atomic E-state index is 3.94. The van der Waals surface area contributed by atoms with E-state index < -0.39 is 0 Å². The van der Waals surface area contributed by atoms with Crippen LogP contribution in [-0.2, 0) is 12.8 Å². The van der Waals surface area contributed by atoms with Crippen LogP contribution in [0.2, 0.25) is 0 Å². The summed E-state index contributed by atoms with van der Waals surface area (Å²) >= 11 is 3.94. The average Bonchev–Trinajstić information content (AvgIpc) is 2.53. The Balaban J connectivity index is 1.57. The van der Waals surface area contributed by atoms with Crippen molar-refractivity contribution in [3.05, 3.63) is 34.9 Å². The van der Waals surface area contributed by atoms with E-state index in [4.69, 9.17) is 0 Å². The molecule has 1 aromatic rings. The van der Waals surface area contributed by atoms with Gasteiger partial charge in [-0.3, -0.25) is 0 Å². The van der Waals surface area contributed by atoms with Crippen LogP contribution in [0.3, 0.4) is 0 Å². The molecular weight excluding hydrogens is 308 g/mol. The van der Waals surface area contributed by atoms with Gasteiger partial charge in [-0.05, 0) is 61.1 Å². The molecule has 1 aromatic carbocycles. The third-order valence-corrected chi connectivity index (χ3v) is 6.27. The molecule has 0 aliphatic heterocycles. The highest BCUT2D eigenvalue weighted by atomic mass is 79.9. The molecule has 1 saturated carbocycles. The van der Waals surface area contributed by atoms with E-state index in [1.807, 2.05) is 0 Å². The number of aryl methyl sites for hydroxylation is 2. The summed E-state index contributed by atoms with van der Waals surface area (Å²) in [4.78, 5) is 0.566. The van der Waals surface area contributed by atoms with E-state index in [0.717, 1.165) is 5.92 Å². The maximum Gasteiger partial charge on any atom is 0.0395 e. The molecule has 0 heterocycles. The highest BCUT2D eigenvalue weighted by molar-refractivity contribution is 9.09. The van der Waals surface area contributed by atoms with Crippen LogP contribution in [0.1, 0.15) is 79.3 Å². The molecule has 3 rings (SSSR count). The van der Waals surface area contributed by atoms with Crippen molar-refractivity contribution >= 4 is 15.9 Å². The van der Waals surface area contributed by atoms with Gasteiger partial charge in [-0.2, -0.15) is 0 Å². The summed E-state index contributed by atoms with van der Waals surface area (Å²) in [6.07, 6.45) is 15.4. The Morgan fingerprint density at radius 2 is 1.70 bits per heavy atom. The highest BCUT2D eigenvalue weighted by Gasteiger charge is 2.17. The molecule has 2 aliphatic rings. The average molecular weight is 335 g/mol. The molecule has 0 nitrogen and oxygen atoms in total. The predicted octanol–water partition coefficient (Wildman–Crippen LogP) is 6.36. The number of rotatable bonds is 4. The van der Waals surface area contributed by atoms with Crippen LogP contribution in [0.5, 0.6) is 0 Å². The molecule has 110 valence electrons. The van der Waals surface area contributed by atoms with Crippen molar-refractivity contribution in [3.63, 3.8) is 0 Å². The Hall–Kier alpha value is -0.300. The smallest absolute Gasteiger partial charge is 0.0395 e. The summed E-state index contributed by atoms with van der Waals surface area (Å²) in [5, 5.41) is 0. The van der Waals surface area contributed by atoms with E-state index >= 15 is 0 Å². The molecule has 1 unspecified atom stereocenters. The number of alkyl halides is 1. The summed E-state index contributed by atoms with van der Waals surface area (Å²) in [7, 11) is 0. The quantitative estimate of drug-likeness (QED) is 0.562. The zero-order valence-corrected chi connectivity index (χ0v) is 14.1. The maximum atomic E-state index is 3.94. The molecule has 0 amide bonds. The van der Waals surface area contributed by atoms with E-state index in [-0.39, 0.29) is 0 Å². The Morgan fingerprint density at radius 1 is 0.950 bits per heavy atom. The fraction of sp³-hybridized carbons (Fsp3) is 0.684. The lowest BCUT2D eigenvalue weighted by atomic mass is 9.85. The van der Waals surface area contributed by atoms with E-state index in [2.05, 4.69) is 34.1 Å². The van der Waals surface area contributed by atoms with Gasteiger partial charge in [-0.15, -0.1) is 0 Å². The molecule has 0 N–H and O–H groups in total. The van der Waals surface area contributed by atoms with Gasteiger partial charge in [0.25, 0.3) is 0 Å². The van der Waals surface area contributed by atoms with Gasteiger partial charge in [0.05, 0.1) is 0 Å². The normalized spacial score (nSPS) is 21.4. The first-order chi connectivity index (χ1) is 9.83. The molecule has 0 radical (unpaired) electrons. The van der Waals surface area contributed by atoms with Crippen LogP contribution in [0, 0.1) is 5.92 Å². The molecular formula is C19H27Br. The van der Waals surface area contributed by atoms with Gasteiger partial charge in [-0.1, -0.05) is 66.2 Å². The molecule has 20 heavy (non-hydrogen) atoms. The van der Waals surface area contributed by atoms with Crippen molar-refractivity contribution in [2.75, 3.05) is 0 Å². The SMILES string of the molecule is BrC(CCC1CCCCC1)c1ccc2c(c1)CCCC2. The minimum absolute atomic E-state index is 0.566. The third kappa shape index (κ3) is 3.67. The summed E-state index contributed by atoms with van der Waals surface area (Å²) in [5.74, 6) is 1.00. The van der Waals surface area contributed by atoms with Crippen molar-refractivity contribution in [2.45, 2.75) is 75.5 Å². The molecule has 0 bridgehead atoms. The Kier molecular flexibility index (Phi) is 5.20. The van der Waals surface area contributed by atoms with Crippen molar-refractivity contribution < 1.29 is 0 Å². The van der Waals surface area contributed by atoms with Gasteiger partial charge in [0, 0.05) is 4.83 Å². The van der Waals surface area contributed by atoms with Gasteiger partial charge in [0.2, 0.25) is 0 Å². The van der Waals surface area contributed by atoms with Crippen LogP contribution in [0.4, 0.5) is 0 Å². The zero-order valence-electron chi connectivity index (χ0n) is 12.5. The Labute approximate surface area is 132 Å². The van der Waals surface area contributed by atoms with Gasteiger partial charge < -0.3 is 0 Å². The van der Waals surface area contributed by atoms with E-state index in [0.29, 0.717) is 4.83 Å². The Bertz CT molecular complexity index is 431. The molecule has 0 spiro atoms. The number of benzene rings is 1. The molecule has 1 fully saturated rings. The number of hydrogen-bond donors (Lipinski definition) is 0. The third-order valence-electron chi connectivity index (χ3n) is 5.29. The highest BCUT2D eigenvalue weighted by Crippen LogP contribution is 2.35. The second kappa shape index (κ2) is 7.11. The number of hydrogen-bond acceptors (Lipinski definition) is 0. The second-order valence-corrected chi connectivity index (χ2v) is 7.89. The Morgan fingerprint density at radius 3 is 2.50 bits per heavy atom.